The zero-order chi connectivity index (χ0) is 9.68. The van der Waals surface area contributed by atoms with Crippen LogP contribution in [0.15, 0.2) is 10.7 Å². The van der Waals surface area contributed by atoms with Gasteiger partial charge in [-0.1, -0.05) is 11.6 Å². The van der Waals surface area contributed by atoms with Crippen molar-refractivity contribution in [3.63, 3.8) is 0 Å². The van der Waals surface area contributed by atoms with Gasteiger partial charge in [-0.15, -0.1) is 0 Å². The molecule has 72 valence electrons. The van der Waals surface area contributed by atoms with Crippen LogP contribution in [0.25, 0.3) is 0 Å². The fourth-order valence-corrected chi connectivity index (χ4v) is 1.15. The maximum atomic E-state index is 5.79. The summed E-state index contributed by atoms with van der Waals surface area (Å²) in [5, 5.41) is 0.446. The minimum absolute atomic E-state index is 0.446. The molecular formula is C8H10BrClN2O. The van der Waals surface area contributed by atoms with Gasteiger partial charge >= 0.3 is 0 Å². The van der Waals surface area contributed by atoms with E-state index >= 15 is 0 Å². The van der Waals surface area contributed by atoms with Gasteiger partial charge in [0.1, 0.15) is 11.0 Å². The summed E-state index contributed by atoms with van der Waals surface area (Å²) in [5.41, 5.74) is 0. The number of hydrogen-bond acceptors (Lipinski definition) is 3. The summed E-state index contributed by atoms with van der Waals surface area (Å²) in [6.45, 7) is 3.30. The maximum Gasteiger partial charge on any atom is 0.146 e. The number of halogens is 2. The first-order valence-electron chi connectivity index (χ1n) is 3.98. The molecular weight excluding hydrogens is 255 g/mol. The fraction of sp³-hybridized carbons (Fsp3) is 0.500. The monoisotopic (exact) mass is 264 g/mol. The highest BCUT2D eigenvalue weighted by atomic mass is 79.9. The Hall–Kier alpha value is -0.190. The van der Waals surface area contributed by atoms with Gasteiger partial charge < -0.3 is 4.74 Å². The minimum Gasteiger partial charge on any atom is -0.381 e. The molecule has 0 aliphatic rings. The number of hydrogen-bond donors (Lipinski definition) is 0. The first kappa shape index (κ1) is 10.9. The van der Waals surface area contributed by atoms with Crippen molar-refractivity contribution in [1.29, 1.82) is 0 Å². The van der Waals surface area contributed by atoms with Crippen LogP contribution in [0, 0.1) is 0 Å². The molecule has 1 rings (SSSR count). The van der Waals surface area contributed by atoms with E-state index in [0.717, 1.165) is 0 Å². The average Bonchev–Trinajstić information content (AvgIpc) is 2.12. The first-order valence-corrected chi connectivity index (χ1v) is 5.15. The van der Waals surface area contributed by atoms with E-state index in [1.165, 1.54) is 0 Å². The molecule has 13 heavy (non-hydrogen) atoms. The van der Waals surface area contributed by atoms with Crippen molar-refractivity contribution >= 4 is 27.5 Å². The van der Waals surface area contributed by atoms with Crippen molar-refractivity contribution in [2.45, 2.75) is 13.3 Å². The van der Waals surface area contributed by atoms with E-state index in [-0.39, 0.29) is 0 Å². The highest BCUT2D eigenvalue weighted by Gasteiger charge is 2.01. The summed E-state index contributed by atoms with van der Waals surface area (Å²) < 4.78 is 5.89. The lowest BCUT2D eigenvalue weighted by Crippen LogP contribution is -2.02. The Morgan fingerprint density at radius 1 is 1.62 bits per heavy atom. The van der Waals surface area contributed by atoms with Gasteiger partial charge in [0.25, 0.3) is 0 Å². The van der Waals surface area contributed by atoms with E-state index in [4.69, 9.17) is 16.3 Å². The second-order valence-electron chi connectivity index (χ2n) is 2.37. The SMILES string of the molecule is CCOCCc1ncc(Br)c(Cl)n1. The normalized spacial score (nSPS) is 10.4. The van der Waals surface area contributed by atoms with E-state index in [1.54, 1.807) is 6.20 Å². The molecule has 0 unspecified atom stereocenters. The predicted octanol–water partition coefficient (Wildman–Crippen LogP) is 2.47. The Morgan fingerprint density at radius 2 is 2.38 bits per heavy atom. The Morgan fingerprint density at radius 3 is 3.00 bits per heavy atom. The van der Waals surface area contributed by atoms with Gasteiger partial charge in [-0.05, 0) is 22.9 Å². The Balaban J connectivity index is 2.53. The molecule has 0 fully saturated rings. The summed E-state index contributed by atoms with van der Waals surface area (Å²) in [7, 11) is 0. The number of nitrogens with zero attached hydrogens (tertiary/aromatic N) is 2. The smallest absolute Gasteiger partial charge is 0.146 e. The van der Waals surface area contributed by atoms with E-state index in [1.807, 2.05) is 6.92 Å². The third-order valence-electron chi connectivity index (χ3n) is 1.43. The average molecular weight is 266 g/mol. The summed E-state index contributed by atoms with van der Waals surface area (Å²) in [5.74, 6) is 0.710. The molecule has 0 saturated heterocycles. The summed E-state index contributed by atoms with van der Waals surface area (Å²) in [6, 6.07) is 0. The van der Waals surface area contributed by atoms with E-state index in [9.17, 15) is 0 Å². The van der Waals surface area contributed by atoms with Crippen LogP contribution >= 0.6 is 27.5 Å². The molecule has 0 atom stereocenters. The van der Waals surface area contributed by atoms with Crippen LogP contribution in [0.4, 0.5) is 0 Å². The molecule has 5 heteroatoms. The molecule has 1 aromatic heterocycles. The second-order valence-corrected chi connectivity index (χ2v) is 3.58. The molecule has 0 spiro atoms. The molecule has 1 heterocycles. The molecule has 0 bridgehead atoms. The van der Waals surface area contributed by atoms with Gasteiger partial charge in [0, 0.05) is 19.2 Å². The molecule has 0 radical (unpaired) electrons. The van der Waals surface area contributed by atoms with Crippen LogP contribution in [0.3, 0.4) is 0 Å². The number of aromatic nitrogens is 2. The van der Waals surface area contributed by atoms with Gasteiger partial charge in [-0.25, -0.2) is 9.97 Å². The largest absolute Gasteiger partial charge is 0.381 e. The predicted molar refractivity (Wildman–Crippen MR) is 54.9 cm³/mol. The van der Waals surface area contributed by atoms with Crippen molar-refractivity contribution in [1.82, 2.24) is 9.97 Å². The Kier molecular flexibility index (Phi) is 4.62. The lowest BCUT2D eigenvalue weighted by molar-refractivity contribution is 0.149. The minimum atomic E-state index is 0.446. The zero-order valence-electron chi connectivity index (χ0n) is 7.26. The van der Waals surface area contributed by atoms with Crippen LogP contribution in [0.5, 0.6) is 0 Å². The van der Waals surface area contributed by atoms with Gasteiger partial charge in [0.2, 0.25) is 0 Å². The van der Waals surface area contributed by atoms with Crippen molar-refractivity contribution in [2.24, 2.45) is 0 Å². The third-order valence-corrected chi connectivity index (χ3v) is 2.52. The van der Waals surface area contributed by atoms with Crippen LogP contribution in [-0.2, 0) is 11.2 Å². The fourth-order valence-electron chi connectivity index (χ4n) is 0.808. The first-order chi connectivity index (χ1) is 6.24. The lowest BCUT2D eigenvalue weighted by Gasteiger charge is -2.01. The van der Waals surface area contributed by atoms with Crippen molar-refractivity contribution in [3.05, 3.63) is 21.6 Å². The molecule has 0 aliphatic carbocycles. The van der Waals surface area contributed by atoms with Crippen LogP contribution in [0.2, 0.25) is 5.15 Å². The van der Waals surface area contributed by atoms with Crippen molar-refractivity contribution in [3.8, 4) is 0 Å². The summed E-state index contributed by atoms with van der Waals surface area (Å²) in [6.07, 6.45) is 2.34. The standard InChI is InChI=1S/C8H10BrClN2O/c1-2-13-4-3-7-11-5-6(9)8(10)12-7/h5H,2-4H2,1H3. The van der Waals surface area contributed by atoms with Gasteiger partial charge in [0.05, 0.1) is 11.1 Å². The summed E-state index contributed by atoms with van der Waals surface area (Å²) in [4.78, 5) is 8.16. The van der Waals surface area contributed by atoms with E-state index in [2.05, 4.69) is 25.9 Å². The molecule has 0 N–H and O–H groups in total. The molecule has 1 aromatic rings. The van der Waals surface area contributed by atoms with E-state index < -0.39 is 0 Å². The van der Waals surface area contributed by atoms with E-state index in [0.29, 0.717) is 35.1 Å². The van der Waals surface area contributed by atoms with Crippen LogP contribution in [-0.4, -0.2) is 23.2 Å². The molecule has 0 saturated carbocycles. The molecule has 0 aromatic carbocycles. The summed E-state index contributed by atoms with van der Waals surface area (Å²) >= 11 is 9.01. The zero-order valence-corrected chi connectivity index (χ0v) is 9.60. The third kappa shape index (κ3) is 3.58. The topological polar surface area (TPSA) is 35.0 Å². The van der Waals surface area contributed by atoms with Crippen LogP contribution < -0.4 is 0 Å². The van der Waals surface area contributed by atoms with Crippen molar-refractivity contribution < 1.29 is 4.74 Å². The van der Waals surface area contributed by atoms with Crippen LogP contribution in [0.1, 0.15) is 12.7 Å². The highest BCUT2D eigenvalue weighted by molar-refractivity contribution is 9.10. The van der Waals surface area contributed by atoms with Gasteiger partial charge in [0.15, 0.2) is 0 Å². The number of rotatable bonds is 4. The lowest BCUT2D eigenvalue weighted by atomic mass is 10.4. The molecule has 0 amide bonds. The quantitative estimate of drug-likeness (QED) is 0.620. The van der Waals surface area contributed by atoms with Gasteiger partial charge in [-0.3, -0.25) is 0 Å². The maximum absolute atomic E-state index is 5.79. The Labute approximate surface area is 90.6 Å². The second kappa shape index (κ2) is 5.52. The van der Waals surface area contributed by atoms with Crippen molar-refractivity contribution in [2.75, 3.05) is 13.2 Å². The van der Waals surface area contributed by atoms with Gasteiger partial charge in [-0.2, -0.15) is 0 Å². The number of ether oxygens (including phenoxy) is 1. The highest BCUT2D eigenvalue weighted by Crippen LogP contribution is 2.17. The molecule has 0 aliphatic heterocycles. The molecule has 3 nitrogen and oxygen atoms in total. The Bertz CT molecular complexity index is 283.